The summed E-state index contributed by atoms with van der Waals surface area (Å²) >= 11 is 0. The second-order valence-electron chi connectivity index (χ2n) is 8.63. The predicted octanol–water partition coefficient (Wildman–Crippen LogP) is 3.65. The van der Waals surface area contributed by atoms with Gasteiger partial charge in [-0.1, -0.05) is 0 Å². The van der Waals surface area contributed by atoms with Crippen molar-refractivity contribution in [1.82, 2.24) is 0 Å². The Morgan fingerprint density at radius 1 is 1.11 bits per heavy atom. The third kappa shape index (κ3) is 3.58. The van der Waals surface area contributed by atoms with Gasteiger partial charge in [0.15, 0.2) is 18.5 Å². The first-order valence-electron chi connectivity index (χ1n) is 9.84. The highest BCUT2D eigenvalue weighted by Gasteiger charge is 2.54. The number of nitrogens with zero attached hydrogens (tertiary/aromatic N) is 1. The zero-order valence-electron chi connectivity index (χ0n) is 15.6. The van der Waals surface area contributed by atoms with Gasteiger partial charge in [0.2, 0.25) is 0 Å². The Balaban J connectivity index is 1.31. The lowest BCUT2D eigenvalue weighted by Crippen LogP contribution is -2.51. The summed E-state index contributed by atoms with van der Waals surface area (Å²) < 4.78 is 10.9. The number of carbonyl (C=O) groups is 2. The number of rotatable bonds is 6. The minimum absolute atomic E-state index is 0.0977. The minimum atomic E-state index is -0.804. The average molecular weight is 367 g/mol. The van der Waals surface area contributed by atoms with Crippen molar-refractivity contribution in [3.05, 3.63) is 29.8 Å². The number of benzene rings is 1. The van der Waals surface area contributed by atoms with Crippen LogP contribution in [0.5, 0.6) is 5.75 Å². The Hall–Kier alpha value is -2.35. The highest BCUT2D eigenvalue weighted by molar-refractivity contribution is 5.88. The first-order valence-corrected chi connectivity index (χ1v) is 9.84. The summed E-state index contributed by atoms with van der Waals surface area (Å²) in [6, 6.07) is 8.57. The molecule has 0 amide bonds. The molecular weight excluding hydrogens is 342 g/mol. The van der Waals surface area contributed by atoms with Gasteiger partial charge >= 0.3 is 5.97 Å². The van der Waals surface area contributed by atoms with Crippen LogP contribution in [0.25, 0.3) is 0 Å². The van der Waals surface area contributed by atoms with Crippen molar-refractivity contribution >= 4 is 11.8 Å². The molecule has 4 aliphatic rings. The number of esters is 1. The van der Waals surface area contributed by atoms with Crippen LogP contribution in [0.15, 0.2) is 24.3 Å². The largest absolute Gasteiger partial charge is 0.479 e. The summed E-state index contributed by atoms with van der Waals surface area (Å²) in [6.07, 6.45) is 5.97. The van der Waals surface area contributed by atoms with E-state index in [1.165, 1.54) is 19.3 Å². The smallest absolute Gasteiger partial charge is 0.347 e. The van der Waals surface area contributed by atoms with E-state index < -0.39 is 12.1 Å². The van der Waals surface area contributed by atoms with Crippen molar-refractivity contribution in [2.45, 2.75) is 51.6 Å². The van der Waals surface area contributed by atoms with E-state index in [1.807, 2.05) is 6.07 Å². The fourth-order valence-electron chi connectivity index (χ4n) is 5.72. The molecule has 4 fully saturated rings. The molecule has 5 heteroatoms. The van der Waals surface area contributed by atoms with Crippen LogP contribution >= 0.6 is 0 Å². The molecule has 0 spiro atoms. The van der Waals surface area contributed by atoms with E-state index in [9.17, 15) is 9.59 Å². The lowest BCUT2D eigenvalue weighted by atomic mass is 9.48. The van der Waals surface area contributed by atoms with Crippen molar-refractivity contribution < 1.29 is 19.1 Å². The lowest BCUT2D eigenvalue weighted by Gasteiger charge is -2.55. The van der Waals surface area contributed by atoms with E-state index >= 15 is 0 Å². The first kappa shape index (κ1) is 18.0. The predicted molar refractivity (Wildman–Crippen MR) is 97.8 cm³/mol. The van der Waals surface area contributed by atoms with Crippen molar-refractivity contribution in [2.24, 2.45) is 23.2 Å². The molecule has 5 rings (SSSR count). The Labute approximate surface area is 159 Å². The maximum Gasteiger partial charge on any atom is 0.347 e. The molecular formula is C22H25NO4. The van der Waals surface area contributed by atoms with Crippen LogP contribution in [0.4, 0.5) is 0 Å². The zero-order chi connectivity index (χ0) is 19.0. The molecule has 0 N–H and O–H groups in total. The van der Waals surface area contributed by atoms with Gasteiger partial charge < -0.3 is 9.47 Å². The van der Waals surface area contributed by atoms with Gasteiger partial charge in [-0.05, 0) is 87.5 Å². The highest BCUT2D eigenvalue weighted by atomic mass is 16.6. The van der Waals surface area contributed by atoms with Crippen LogP contribution in [0.2, 0.25) is 0 Å². The number of ketones is 1. The van der Waals surface area contributed by atoms with Crippen LogP contribution in [0.1, 0.15) is 51.0 Å². The SMILES string of the molecule is C[C@H](Oc1ccc(C#N)cc1)C(=O)OCC(=O)C12CC3CC(CC(C3)C1)C2. The molecule has 4 aliphatic carbocycles. The molecule has 142 valence electrons. The number of carbonyl (C=O) groups excluding carboxylic acids is 2. The molecule has 0 aromatic heterocycles. The molecule has 5 nitrogen and oxygen atoms in total. The maximum absolute atomic E-state index is 12.9. The second-order valence-corrected chi connectivity index (χ2v) is 8.63. The number of nitriles is 1. The zero-order valence-corrected chi connectivity index (χ0v) is 15.6. The first-order chi connectivity index (χ1) is 13.0. The topological polar surface area (TPSA) is 76.4 Å². The van der Waals surface area contributed by atoms with Crippen LogP contribution in [0.3, 0.4) is 0 Å². The number of ether oxygens (including phenoxy) is 2. The molecule has 1 aromatic rings. The van der Waals surface area contributed by atoms with E-state index in [0.717, 1.165) is 19.3 Å². The summed E-state index contributed by atoms with van der Waals surface area (Å²) in [4.78, 5) is 25.2. The van der Waals surface area contributed by atoms with E-state index in [-0.39, 0.29) is 17.8 Å². The summed E-state index contributed by atoms with van der Waals surface area (Å²) in [6.45, 7) is 1.46. The van der Waals surface area contributed by atoms with Gasteiger partial charge in [-0.25, -0.2) is 4.79 Å². The fourth-order valence-corrected chi connectivity index (χ4v) is 5.72. The fraction of sp³-hybridized carbons (Fsp3) is 0.591. The standard InChI is InChI=1S/C22H25NO4/c1-14(27-19-4-2-15(12-23)3-5-19)21(25)26-13-20(24)22-9-16-6-17(10-22)8-18(7-16)11-22/h2-5,14,16-18H,6-11,13H2,1H3/t14-,16?,17?,18?,22?/m0/s1. The van der Waals surface area contributed by atoms with Crippen LogP contribution in [0, 0.1) is 34.5 Å². The van der Waals surface area contributed by atoms with Gasteiger partial charge in [0.25, 0.3) is 0 Å². The highest BCUT2D eigenvalue weighted by Crippen LogP contribution is 2.60. The van der Waals surface area contributed by atoms with Gasteiger partial charge in [-0.3, -0.25) is 4.79 Å². The molecule has 27 heavy (non-hydrogen) atoms. The Morgan fingerprint density at radius 2 is 1.67 bits per heavy atom. The summed E-state index contributed by atoms with van der Waals surface area (Å²) in [5, 5.41) is 8.81. The van der Waals surface area contributed by atoms with Crippen LogP contribution in [-0.4, -0.2) is 24.5 Å². The Morgan fingerprint density at radius 3 is 2.19 bits per heavy atom. The van der Waals surface area contributed by atoms with Gasteiger partial charge in [-0.2, -0.15) is 5.26 Å². The van der Waals surface area contributed by atoms with Crippen molar-refractivity contribution in [3.8, 4) is 11.8 Å². The molecule has 0 unspecified atom stereocenters. The van der Waals surface area contributed by atoms with Crippen molar-refractivity contribution in [3.63, 3.8) is 0 Å². The Bertz CT molecular complexity index is 741. The van der Waals surface area contributed by atoms with E-state index in [4.69, 9.17) is 14.7 Å². The summed E-state index contributed by atoms with van der Waals surface area (Å²) in [7, 11) is 0. The average Bonchev–Trinajstić information content (AvgIpc) is 2.65. The van der Waals surface area contributed by atoms with Crippen LogP contribution < -0.4 is 4.74 Å². The van der Waals surface area contributed by atoms with Gasteiger partial charge in [0, 0.05) is 5.41 Å². The molecule has 4 bridgehead atoms. The van der Waals surface area contributed by atoms with Crippen molar-refractivity contribution in [1.29, 1.82) is 5.26 Å². The monoisotopic (exact) mass is 367 g/mol. The molecule has 1 atom stereocenters. The van der Waals surface area contributed by atoms with Crippen molar-refractivity contribution in [2.75, 3.05) is 6.61 Å². The summed E-state index contributed by atoms with van der Waals surface area (Å²) in [5.41, 5.74) is 0.283. The molecule has 0 aliphatic heterocycles. The Kier molecular flexibility index (Phi) is 4.67. The minimum Gasteiger partial charge on any atom is -0.479 e. The normalized spacial score (nSPS) is 31.8. The van der Waals surface area contributed by atoms with Gasteiger partial charge in [-0.15, -0.1) is 0 Å². The van der Waals surface area contributed by atoms with Crippen LogP contribution in [-0.2, 0) is 14.3 Å². The lowest BCUT2D eigenvalue weighted by molar-refractivity contribution is -0.161. The number of Topliss-reactive ketones (excluding diaryl/α,β-unsaturated/α-hetero) is 1. The molecule has 0 heterocycles. The molecule has 1 aromatic carbocycles. The van der Waals surface area contributed by atoms with Gasteiger partial charge in [0.05, 0.1) is 11.6 Å². The maximum atomic E-state index is 12.9. The third-order valence-corrected chi connectivity index (χ3v) is 6.60. The molecule has 0 radical (unpaired) electrons. The quantitative estimate of drug-likeness (QED) is 0.717. The molecule has 0 saturated heterocycles. The van der Waals surface area contributed by atoms with Gasteiger partial charge in [0.1, 0.15) is 5.75 Å². The van der Waals surface area contributed by atoms with E-state index in [1.54, 1.807) is 31.2 Å². The third-order valence-electron chi connectivity index (χ3n) is 6.60. The number of hydrogen-bond acceptors (Lipinski definition) is 5. The van der Waals surface area contributed by atoms with E-state index in [0.29, 0.717) is 29.1 Å². The summed E-state index contributed by atoms with van der Waals surface area (Å²) in [5.74, 6) is 2.13. The second kappa shape index (κ2) is 6.99. The molecule has 4 saturated carbocycles. The number of hydrogen-bond donors (Lipinski definition) is 0. The van der Waals surface area contributed by atoms with E-state index in [2.05, 4.69) is 0 Å².